The standard InChI is InChI=1S/C22H23Cl2N3O2/c1-13(2)12-27(21(28)15-5-7-16(23)8-6-15)14(3)20-25-19-11-17(24)9-10-18(19)22(29)26(20)4/h5-11,13-14H,12H2,1-4H3. The molecule has 0 spiro atoms. The molecule has 1 heterocycles. The zero-order valence-corrected chi connectivity index (χ0v) is 18.3. The van der Waals surface area contributed by atoms with Gasteiger partial charge in [-0.3, -0.25) is 14.2 Å². The van der Waals surface area contributed by atoms with Crippen LogP contribution >= 0.6 is 23.2 Å². The summed E-state index contributed by atoms with van der Waals surface area (Å²) >= 11 is 12.1. The fourth-order valence-corrected chi connectivity index (χ4v) is 3.64. The first kappa shape index (κ1) is 21.3. The number of nitrogens with zero attached hydrogens (tertiary/aromatic N) is 3. The van der Waals surface area contributed by atoms with Crippen molar-refractivity contribution in [3.05, 3.63) is 74.3 Å². The lowest BCUT2D eigenvalue weighted by molar-refractivity contribution is 0.0654. The van der Waals surface area contributed by atoms with Gasteiger partial charge in [-0.2, -0.15) is 0 Å². The van der Waals surface area contributed by atoms with Crippen molar-refractivity contribution >= 4 is 40.0 Å². The SMILES string of the molecule is CC(C)CN(C(=O)c1ccc(Cl)cc1)C(C)c1nc2cc(Cl)ccc2c(=O)n1C. The molecule has 152 valence electrons. The maximum atomic E-state index is 13.3. The van der Waals surface area contributed by atoms with Crippen molar-refractivity contribution in [3.8, 4) is 0 Å². The number of rotatable bonds is 5. The van der Waals surface area contributed by atoms with E-state index in [-0.39, 0.29) is 17.4 Å². The summed E-state index contributed by atoms with van der Waals surface area (Å²) in [6.07, 6.45) is 0. The highest BCUT2D eigenvalue weighted by atomic mass is 35.5. The van der Waals surface area contributed by atoms with Gasteiger partial charge in [-0.1, -0.05) is 37.0 Å². The van der Waals surface area contributed by atoms with E-state index in [1.54, 1.807) is 54.4 Å². The summed E-state index contributed by atoms with van der Waals surface area (Å²) in [6.45, 7) is 6.49. The van der Waals surface area contributed by atoms with Gasteiger partial charge in [-0.25, -0.2) is 4.98 Å². The Morgan fingerprint density at radius 1 is 1.07 bits per heavy atom. The van der Waals surface area contributed by atoms with Crippen LogP contribution in [0, 0.1) is 5.92 Å². The largest absolute Gasteiger partial charge is 0.328 e. The lowest BCUT2D eigenvalue weighted by Crippen LogP contribution is -2.39. The molecule has 2 aromatic carbocycles. The van der Waals surface area contributed by atoms with Gasteiger partial charge in [0.25, 0.3) is 11.5 Å². The minimum Gasteiger partial charge on any atom is -0.328 e. The minimum atomic E-state index is -0.415. The lowest BCUT2D eigenvalue weighted by Gasteiger charge is -2.31. The van der Waals surface area contributed by atoms with Crippen LogP contribution in [0.3, 0.4) is 0 Å². The second-order valence-corrected chi connectivity index (χ2v) is 8.40. The van der Waals surface area contributed by atoms with Gasteiger partial charge in [-0.05, 0) is 55.3 Å². The molecular formula is C22H23Cl2N3O2. The van der Waals surface area contributed by atoms with Crippen LogP contribution in [-0.2, 0) is 7.05 Å². The van der Waals surface area contributed by atoms with Gasteiger partial charge >= 0.3 is 0 Å². The Morgan fingerprint density at radius 3 is 2.31 bits per heavy atom. The second kappa shape index (κ2) is 8.56. The third-order valence-electron chi connectivity index (χ3n) is 4.83. The molecule has 0 aliphatic rings. The summed E-state index contributed by atoms with van der Waals surface area (Å²) in [5.41, 5.74) is 0.888. The Morgan fingerprint density at radius 2 is 1.69 bits per heavy atom. The molecule has 1 atom stereocenters. The molecule has 7 heteroatoms. The number of amides is 1. The topological polar surface area (TPSA) is 55.2 Å². The van der Waals surface area contributed by atoms with Crippen molar-refractivity contribution in [1.82, 2.24) is 14.5 Å². The predicted octanol–water partition coefficient (Wildman–Crippen LogP) is 5.10. The van der Waals surface area contributed by atoms with E-state index in [2.05, 4.69) is 4.98 Å². The van der Waals surface area contributed by atoms with E-state index < -0.39 is 6.04 Å². The molecule has 0 radical (unpaired) electrons. The molecule has 0 fully saturated rings. The third-order valence-corrected chi connectivity index (χ3v) is 5.32. The minimum absolute atomic E-state index is 0.136. The number of aromatic nitrogens is 2. The highest BCUT2D eigenvalue weighted by molar-refractivity contribution is 6.31. The fraction of sp³-hybridized carbons (Fsp3) is 0.318. The van der Waals surface area contributed by atoms with Gasteiger partial charge in [0.2, 0.25) is 0 Å². The zero-order chi connectivity index (χ0) is 21.3. The number of carbonyl (C=O) groups excluding carboxylic acids is 1. The average molecular weight is 432 g/mol. The maximum Gasteiger partial charge on any atom is 0.261 e. The van der Waals surface area contributed by atoms with E-state index in [0.717, 1.165) is 0 Å². The van der Waals surface area contributed by atoms with E-state index in [1.165, 1.54) is 4.57 Å². The Hall–Kier alpha value is -2.37. The van der Waals surface area contributed by atoms with Crippen molar-refractivity contribution in [2.75, 3.05) is 6.54 Å². The van der Waals surface area contributed by atoms with E-state index >= 15 is 0 Å². The lowest BCUT2D eigenvalue weighted by atomic mass is 10.1. The van der Waals surface area contributed by atoms with Gasteiger partial charge in [-0.15, -0.1) is 0 Å². The second-order valence-electron chi connectivity index (χ2n) is 7.53. The Kier molecular flexibility index (Phi) is 6.30. The summed E-state index contributed by atoms with van der Waals surface area (Å²) in [6, 6.07) is 11.4. The number of benzene rings is 2. The molecule has 0 aliphatic carbocycles. The van der Waals surface area contributed by atoms with Crippen molar-refractivity contribution in [2.45, 2.75) is 26.8 Å². The summed E-state index contributed by atoms with van der Waals surface area (Å²) in [7, 11) is 1.68. The van der Waals surface area contributed by atoms with Crippen LogP contribution < -0.4 is 5.56 Å². The van der Waals surface area contributed by atoms with E-state index in [9.17, 15) is 9.59 Å². The van der Waals surface area contributed by atoms with Gasteiger partial charge in [0.1, 0.15) is 5.82 Å². The maximum absolute atomic E-state index is 13.3. The number of carbonyl (C=O) groups is 1. The number of halogens is 2. The summed E-state index contributed by atoms with van der Waals surface area (Å²) in [5.74, 6) is 0.608. The van der Waals surface area contributed by atoms with Crippen LogP contribution in [-0.4, -0.2) is 26.9 Å². The third kappa shape index (κ3) is 4.46. The van der Waals surface area contributed by atoms with Crippen LogP contribution in [0.4, 0.5) is 0 Å². The highest BCUT2D eigenvalue weighted by Gasteiger charge is 2.27. The van der Waals surface area contributed by atoms with Crippen LogP contribution in [0.5, 0.6) is 0 Å². The van der Waals surface area contributed by atoms with Crippen molar-refractivity contribution < 1.29 is 4.79 Å². The van der Waals surface area contributed by atoms with Crippen LogP contribution in [0.1, 0.15) is 43.0 Å². The van der Waals surface area contributed by atoms with Crippen molar-refractivity contribution in [1.29, 1.82) is 0 Å². The average Bonchev–Trinajstić information content (AvgIpc) is 2.68. The highest BCUT2D eigenvalue weighted by Crippen LogP contribution is 2.24. The van der Waals surface area contributed by atoms with Gasteiger partial charge in [0.05, 0.1) is 16.9 Å². The molecule has 3 rings (SSSR count). The smallest absolute Gasteiger partial charge is 0.261 e. The Labute approximate surface area is 179 Å². The Bertz CT molecular complexity index is 1110. The molecule has 0 aliphatic heterocycles. The van der Waals surface area contributed by atoms with Crippen LogP contribution in [0.2, 0.25) is 10.0 Å². The van der Waals surface area contributed by atoms with Gasteiger partial charge < -0.3 is 4.90 Å². The summed E-state index contributed by atoms with van der Waals surface area (Å²) in [4.78, 5) is 32.5. The molecule has 0 bridgehead atoms. The number of fused-ring (bicyclic) bond motifs is 1. The molecule has 1 aromatic heterocycles. The Balaban J connectivity index is 2.09. The predicted molar refractivity (Wildman–Crippen MR) is 118 cm³/mol. The molecule has 29 heavy (non-hydrogen) atoms. The van der Waals surface area contributed by atoms with Crippen molar-refractivity contribution in [2.24, 2.45) is 13.0 Å². The normalized spacial score (nSPS) is 12.4. The summed E-state index contributed by atoms with van der Waals surface area (Å²) in [5, 5.41) is 1.57. The van der Waals surface area contributed by atoms with Gasteiger partial charge in [0.15, 0.2) is 0 Å². The quantitative estimate of drug-likeness (QED) is 0.564. The first-order valence-corrected chi connectivity index (χ1v) is 10.2. The number of hydrogen-bond acceptors (Lipinski definition) is 3. The monoisotopic (exact) mass is 431 g/mol. The van der Waals surface area contributed by atoms with Gasteiger partial charge in [0, 0.05) is 29.2 Å². The molecule has 5 nitrogen and oxygen atoms in total. The molecule has 3 aromatic rings. The van der Waals surface area contributed by atoms with Crippen LogP contribution in [0.25, 0.3) is 10.9 Å². The molecule has 0 N–H and O–H groups in total. The molecular weight excluding hydrogens is 409 g/mol. The zero-order valence-electron chi connectivity index (χ0n) is 16.8. The van der Waals surface area contributed by atoms with E-state index in [4.69, 9.17) is 23.2 Å². The molecule has 0 saturated carbocycles. The first-order chi connectivity index (χ1) is 13.7. The first-order valence-electron chi connectivity index (χ1n) is 9.41. The van der Waals surface area contributed by atoms with E-state index in [1.807, 2.05) is 20.8 Å². The van der Waals surface area contributed by atoms with E-state index in [0.29, 0.717) is 38.9 Å². The summed E-state index contributed by atoms with van der Waals surface area (Å²) < 4.78 is 1.50. The fourth-order valence-electron chi connectivity index (χ4n) is 3.34. The molecule has 0 saturated heterocycles. The van der Waals surface area contributed by atoms with Crippen molar-refractivity contribution in [3.63, 3.8) is 0 Å². The molecule has 1 amide bonds. The number of hydrogen-bond donors (Lipinski definition) is 0. The molecule has 1 unspecified atom stereocenters. The van der Waals surface area contributed by atoms with Crippen LogP contribution in [0.15, 0.2) is 47.3 Å².